The number of fused-ring (bicyclic) bond motifs is 5. The second-order valence-electron chi connectivity index (χ2n) is 8.52. The zero-order chi connectivity index (χ0) is 15.8. The molecule has 4 aliphatic carbocycles. The molecular formula is C19H26O3. The lowest BCUT2D eigenvalue weighted by Crippen LogP contribution is -2.60. The highest BCUT2D eigenvalue weighted by Gasteiger charge is 2.66. The molecule has 3 saturated carbocycles. The number of ketones is 2. The van der Waals surface area contributed by atoms with Gasteiger partial charge < -0.3 is 5.11 Å². The monoisotopic (exact) mass is 302 g/mol. The van der Waals surface area contributed by atoms with Crippen molar-refractivity contribution in [2.75, 3.05) is 0 Å². The van der Waals surface area contributed by atoms with Gasteiger partial charge in [-0.1, -0.05) is 12.5 Å². The van der Waals surface area contributed by atoms with Crippen molar-refractivity contribution in [3.63, 3.8) is 0 Å². The fourth-order valence-electron chi connectivity index (χ4n) is 6.30. The summed E-state index contributed by atoms with van der Waals surface area (Å²) in [5, 5.41) is 11.5. The van der Waals surface area contributed by atoms with Crippen LogP contribution < -0.4 is 0 Å². The molecule has 5 atom stereocenters. The molecular weight excluding hydrogens is 276 g/mol. The maximum Gasteiger partial charge on any atom is 0.155 e. The number of Topliss-reactive ketones (excluding diaryl/α,β-unsaturated/α-hetero) is 1. The summed E-state index contributed by atoms with van der Waals surface area (Å²) in [5.41, 5.74) is 0.0141. The second kappa shape index (κ2) is 4.31. The van der Waals surface area contributed by atoms with Gasteiger partial charge in [0, 0.05) is 12.8 Å². The Bertz CT molecular complexity index is 591. The molecule has 3 fully saturated rings. The first-order chi connectivity index (χ1) is 10.3. The fourth-order valence-corrected chi connectivity index (χ4v) is 6.30. The first-order valence-electron chi connectivity index (χ1n) is 8.81. The van der Waals surface area contributed by atoms with E-state index < -0.39 is 11.0 Å². The van der Waals surface area contributed by atoms with Gasteiger partial charge in [0.25, 0.3) is 0 Å². The van der Waals surface area contributed by atoms with E-state index in [1.807, 2.05) is 13.0 Å². The molecule has 1 N–H and O–H groups in total. The van der Waals surface area contributed by atoms with E-state index in [-0.39, 0.29) is 22.9 Å². The van der Waals surface area contributed by atoms with Crippen LogP contribution in [0.2, 0.25) is 0 Å². The molecule has 0 radical (unpaired) electrons. The molecule has 120 valence electrons. The van der Waals surface area contributed by atoms with Crippen LogP contribution in [-0.4, -0.2) is 22.3 Å². The average Bonchev–Trinajstić information content (AvgIpc) is 2.72. The van der Waals surface area contributed by atoms with Gasteiger partial charge in [-0.05, 0) is 68.8 Å². The van der Waals surface area contributed by atoms with E-state index in [9.17, 15) is 14.7 Å². The molecule has 4 aliphatic rings. The number of allylic oxidation sites excluding steroid dienone is 1. The number of hydrogen-bond acceptors (Lipinski definition) is 3. The molecule has 3 nitrogen and oxygen atoms in total. The van der Waals surface area contributed by atoms with Gasteiger partial charge >= 0.3 is 0 Å². The zero-order valence-electron chi connectivity index (χ0n) is 13.7. The molecule has 0 saturated heterocycles. The predicted octanol–water partition coefficient (Wildman–Crippen LogP) is 3.20. The summed E-state index contributed by atoms with van der Waals surface area (Å²) in [7, 11) is 0. The highest BCUT2D eigenvalue weighted by Crippen LogP contribution is 2.65. The summed E-state index contributed by atoms with van der Waals surface area (Å²) < 4.78 is 0. The van der Waals surface area contributed by atoms with E-state index >= 15 is 0 Å². The fraction of sp³-hybridized carbons (Fsp3) is 0.789. The van der Waals surface area contributed by atoms with Crippen LogP contribution in [0.5, 0.6) is 0 Å². The molecule has 22 heavy (non-hydrogen) atoms. The van der Waals surface area contributed by atoms with Crippen molar-refractivity contribution >= 4 is 11.6 Å². The van der Waals surface area contributed by atoms with E-state index in [2.05, 4.69) is 6.92 Å². The Kier molecular flexibility index (Phi) is 2.87. The molecule has 0 aromatic rings. The topological polar surface area (TPSA) is 54.4 Å². The summed E-state index contributed by atoms with van der Waals surface area (Å²) in [4.78, 5) is 24.2. The number of carbonyl (C=O) groups is 2. The Hall–Kier alpha value is -0.960. The third-order valence-electron chi connectivity index (χ3n) is 7.86. The molecule has 4 rings (SSSR count). The molecule has 0 aliphatic heterocycles. The zero-order valence-corrected chi connectivity index (χ0v) is 13.7. The number of rotatable bonds is 0. The van der Waals surface area contributed by atoms with E-state index in [0.717, 1.165) is 32.1 Å². The standard InChI is InChI=1S/C19H26O3/c1-17-8-5-13(20)11-12(17)3-4-15-14(17)6-9-18(2)16(21)7-10-19(15,18)22/h11,14-15,22H,3-10H2,1-2H3/t14-,15+,17-,18-,19+/m0/s1. The molecule has 0 unspecified atom stereocenters. The first-order valence-corrected chi connectivity index (χ1v) is 8.81. The van der Waals surface area contributed by atoms with E-state index in [1.165, 1.54) is 5.57 Å². The molecule has 0 amide bonds. The second-order valence-corrected chi connectivity index (χ2v) is 8.52. The minimum atomic E-state index is -0.816. The van der Waals surface area contributed by atoms with Crippen molar-refractivity contribution in [2.24, 2.45) is 22.7 Å². The van der Waals surface area contributed by atoms with Gasteiger partial charge in [-0.3, -0.25) is 9.59 Å². The Morgan fingerprint density at radius 3 is 2.55 bits per heavy atom. The van der Waals surface area contributed by atoms with Crippen LogP contribution in [0.15, 0.2) is 11.6 Å². The number of aliphatic hydroxyl groups is 1. The van der Waals surface area contributed by atoms with Gasteiger partial charge in [-0.25, -0.2) is 0 Å². The molecule has 0 aromatic heterocycles. The van der Waals surface area contributed by atoms with Crippen LogP contribution in [0.4, 0.5) is 0 Å². The lowest BCUT2D eigenvalue weighted by Gasteiger charge is -2.60. The van der Waals surface area contributed by atoms with Crippen molar-refractivity contribution in [3.8, 4) is 0 Å². The number of hydrogen-bond donors (Lipinski definition) is 1. The van der Waals surface area contributed by atoms with E-state index in [0.29, 0.717) is 25.2 Å². The van der Waals surface area contributed by atoms with Gasteiger partial charge in [0.05, 0.1) is 11.0 Å². The minimum Gasteiger partial charge on any atom is -0.389 e. The van der Waals surface area contributed by atoms with Gasteiger partial charge in [0.2, 0.25) is 0 Å². The van der Waals surface area contributed by atoms with E-state index in [1.54, 1.807) is 0 Å². The third-order valence-corrected chi connectivity index (χ3v) is 7.86. The highest BCUT2D eigenvalue weighted by molar-refractivity contribution is 5.92. The van der Waals surface area contributed by atoms with Gasteiger partial charge in [-0.15, -0.1) is 0 Å². The van der Waals surface area contributed by atoms with Crippen molar-refractivity contribution < 1.29 is 14.7 Å². The highest BCUT2D eigenvalue weighted by atomic mass is 16.3. The molecule has 0 aromatic carbocycles. The maximum atomic E-state index is 12.4. The van der Waals surface area contributed by atoms with Crippen LogP contribution in [-0.2, 0) is 9.59 Å². The van der Waals surface area contributed by atoms with Crippen molar-refractivity contribution in [1.82, 2.24) is 0 Å². The molecule has 0 bridgehead atoms. The van der Waals surface area contributed by atoms with Crippen LogP contribution in [0, 0.1) is 22.7 Å². The summed E-state index contributed by atoms with van der Waals surface area (Å²) in [6.07, 6.45) is 8.27. The van der Waals surface area contributed by atoms with Gasteiger partial charge in [-0.2, -0.15) is 0 Å². The van der Waals surface area contributed by atoms with Gasteiger partial charge in [0.1, 0.15) is 5.78 Å². The Labute approximate surface area is 132 Å². The Morgan fingerprint density at radius 2 is 1.77 bits per heavy atom. The van der Waals surface area contributed by atoms with Crippen LogP contribution in [0.25, 0.3) is 0 Å². The Morgan fingerprint density at radius 1 is 1.00 bits per heavy atom. The number of carbonyl (C=O) groups excluding carboxylic acids is 2. The predicted molar refractivity (Wildman–Crippen MR) is 83.2 cm³/mol. The van der Waals surface area contributed by atoms with Crippen molar-refractivity contribution in [3.05, 3.63) is 11.6 Å². The summed E-state index contributed by atoms with van der Waals surface area (Å²) in [6.45, 7) is 4.29. The van der Waals surface area contributed by atoms with Crippen LogP contribution >= 0.6 is 0 Å². The maximum absolute atomic E-state index is 12.4. The van der Waals surface area contributed by atoms with Crippen LogP contribution in [0.1, 0.15) is 65.2 Å². The largest absolute Gasteiger partial charge is 0.389 e. The smallest absolute Gasteiger partial charge is 0.155 e. The van der Waals surface area contributed by atoms with Gasteiger partial charge in [0.15, 0.2) is 5.78 Å². The molecule has 0 spiro atoms. The normalized spacial score (nSPS) is 51.0. The third kappa shape index (κ3) is 1.56. The molecule has 3 heteroatoms. The Balaban J connectivity index is 1.76. The average molecular weight is 302 g/mol. The first kappa shape index (κ1) is 14.6. The van der Waals surface area contributed by atoms with Crippen molar-refractivity contribution in [1.29, 1.82) is 0 Å². The van der Waals surface area contributed by atoms with Crippen molar-refractivity contribution in [2.45, 2.75) is 70.8 Å². The summed E-state index contributed by atoms with van der Waals surface area (Å²) in [5.74, 6) is 1.16. The minimum absolute atomic E-state index is 0.0551. The summed E-state index contributed by atoms with van der Waals surface area (Å²) >= 11 is 0. The summed E-state index contributed by atoms with van der Waals surface area (Å²) in [6, 6.07) is 0. The van der Waals surface area contributed by atoms with Crippen LogP contribution in [0.3, 0.4) is 0 Å². The lowest BCUT2D eigenvalue weighted by molar-refractivity contribution is -0.178. The SMILES string of the molecule is C[C@]12CCC(=O)C=C1CC[C@@H]1[C@@H]2CC[C@@]2(C)C(=O)CC[C@@]12O. The quantitative estimate of drug-likeness (QED) is 0.747. The lowest BCUT2D eigenvalue weighted by atomic mass is 9.46. The molecule has 0 heterocycles. The van der Waals surface area contributed by atoms with E-state index in [4.69, 9.17) is 0 Å².